The number of primary amides is 1. The molecule has 3 amide bonds. The van der Waals surface area contributed by atoms with Crippen LogP contribution in [0.3, 0.4) is 0 Å². The van der Waals surface area contributed by atoms with Crippen molar-refractivity contribution in [1.82, 2.24) is 9.80 Å². The molecule has 1 fully saturated rings. The third kappa shape index (κ3) is 3.40. The zero-order valence-electron chi connectivity index (χ0n) is 12.5. The minimum atomic E-state index is -0.630. The highest BCUT2D eigenvalue weighted by molar-refractivity contribution is 5.88. The van der Waals surface area contributed by atoms with Crippen molar-refractivity contribution in [2.45, 2.75) is 26.3 Å². The number of ether oxygens (including phenoxy) is 1. The topological polar surface area (TPSA) is 92.9 Å². The van der Waals surface area contributed by atoms with E-state index >= 15 is 0 Å². The monoisotopic (exact) mass is 285 g/mol. The molecule has 2 atom stereocenters. The molecule has 0 spiro atoms. The van der Waals surface area contributed by atoms with Gasteiger partial charge in [-0.3, -0.25) is 9.59 Å². The quantitative estimate of drug-likeness (QED) is 0.789. The van der Waals surface area contributed by atoms with Crippen LogP contribution in [0.15, 0.2) is 0 Å². The van der Waals surface area contributed by atoms with Crippen LogP contribution in [0.2, 0.25) is 0 Å². The summed E-state index contributed by atoms with van der Waals surface area (Å²) in [6.07, 6.45) is 0.139. The number of likely N-dealkylation sites (tertiary alicyclic amines) is 1. The van der Waals surface area contributed by atoms with Crippen LogP contribution in [0.25, 0.3) is 0 Å². The smallest absolute Gasteiger partial charge is 0.409 e. The fourth-order valence-corrected chi connectivity index (χ4v) is 2.65. The first-order chi connectivity index (χ1) is 9.29. The third-order valence-corrected chi connectivity index (χ3v) is 3.66. The Kier molecular flexibility index (Phi) is 5.35. The summed E-state index contributed by atoms with van der Waals surface area (Å²) in [6, 6.07) is -0.630. The Morgan fingerprint density at radius 1 is 1.35 bits per heavy atom. The molecule has 20 heavy (non-hydrogen) atoms. The van der Waals surface area contributed by atoms with Gasteiger partial charge in [-0.25, -0.2) is 4.79 Å². The zero-order chi connectivity index (χ0) is 15.4. The molecule has 1 rings (SSSR count). The molecule has 7 nitrogen and oxygen atoms in total. The normalized spacial score (nSPS) is 19.9. The predicted molar refractivity (Wildman–Crippen MR) is 72.7 cm³/mol. The summed E-state index contributed by atoms with van der Waals surface area (Å²) in [5.74, 6) is -1.04. The number of carbonyl (C=O) groups is 3. The number of rotatable bonds is 4. The van der Waals surface area contributed by atoms with Crippen molar-refractivity contribution >= 4 is 17.9 Å². The van der Waals surface area contributed by atoms with Crippen molar-refractivity contribution in [2.75, 3.05) is 27.2 Å². The maximum Gasteiger partial charge on any atom is 0.409 e. The summed E-state index contributed by atoms with van der Waals surface area (Å²) < 4.78 is 4.63. The molecule has 0 aliphatic carbocycles. The van der Waals surface area contributed by atoms with Crippen molar-refractivity contribution in [1.29, 1.82) is 0 Å². The lowest BCUT2D eigenvalue weighted by Gasteiger charge is -2.30. The molecular weight excluding hydrogens is 262 g/mol. The van der Waals surface area contributed by atoms with E-state index in [9.17, 15) is 14.4 Å². The number of methoxy groups -OCH3 is 1. The molecule has 1 aliphatic rings. The van der Waals surface area contributed by atoms with E-state index in [1.165, 1.54) is 16.9 Å². The van der Waals surface area contributed by atoms with Gasteiger partial charge >= 0.3 is 6.09 Å². The molecular formula is C13H23N3O4. The van der Waals surface area contributed by atoms with Crippen LogP contribution in [0.1, 0.15) is 20.3 Å². The number of hydrogen-bond donors (Lipinski definition) is 1. The Labute approximate surface area is 119 Å². The van der Waals surface area contributed by atoms with Gasteiger partial charge < -0.3 is 20.3 Å². The van der Waals surface area contributed by atoms with Gasteiger partial charge in [-0.15, -0.1) is 0 Å². The SMILES string of the molecule is COC(=O)N1CC[C@H](C(=O)N(C)[C@H](C(N)=O)C(C)C)C1. The second-order valence-electron chi connectivity index (χ2n) is 5.44. The summed E-state index contributed by atoms with van der Waals surface area (Å²) in [6.45, 7) is 4.49. The number of hydrogen-bond acceptors (Lipinski definition) is 4. The molecule has 0 aromatic carbocycles. The first-order valence-corrected chi connectivity index (χ1v) is 6.68. The van der Waals surface area contributed by atoms with Crippen LogP contribution < -0.4 is 5.73 Å². The first-order valence-electron chi connectivity index (χ1n) is 6.68. The van der Waals surface area contributed by atoms with Crippen LogP contribution >= 0.6 is 0 Å². The van der Waals surface area contributed by atoms with Gasteiger partial charge in [0.15, 0.2) is 0 Å². The summed E-state index contributed by atoms with van der Waals surface area (Å²) >= 11 is 0. The van der Waals surface area contributed by atoms with Crippen LogP contribution in [-0.2, 0) is 14.3 Å². The Hall–Kier alpha value is -1.79. The fourth-order valence-electron chi connectivity index (χ4n) is 2.65. The molecule has 1 heterocycles. The van der Waals surface area contributed by atoms with Gasteiger partial charge in [-0.2, -0.15) is 0 Å². The maximum atomic E-state index is 12.4. The first kappa shape index (κ1) is 16.3. The lowest BCUT2D eigenvalue weighted by molar-refractivity contribution is -0.142. The van der Waals surface area contributed by atoms with Crippen molar-refractivity contribution in [3.05, 3.63) is 0 Å². The van der Waals surface area contributed by atoms with Crippen molar-refractivity contribution in [3.8, 4) is 0 Å². The van der Waals surface area contributed by atoms with Gasteiger partial charge in [0.2, 0.25) is 11.8 Å². The summed E-state index contributed by atoms with van der Waals surface area (Å²) in [5.41, 5.74) is 5.35. The van der Waals surface area contributed by atoms with Gasteiger partial charge in [0.1, 0.15) is 6.04 Å². The average molecular weight is 285 g/mol. The number of likely N-dealkylation sites (N-methyl/N-ethyl adjacent to an activating group) is 1. The molecule has 0 bridgehead atoms. The van der Waals surface area contributed by atoms with E-state index in [2.05, 4.69) is 4.74 Å². The van der Waals surface area contributed by atoms with Gasteiger partial charge in [-0.1, -0.05) is 13.8 Å². The lowest BCUT2D eigenvalue weighted by Crippen LogP contribution is -2.50. The Morgan fingerprint density at radius 2 is 1.95 bits per heavy atom. The Morgan fingerprint density at radius 3 is 2.40 bits per heavy atom. The van der Waals surface area contributed by atoms with E-state index in [-0.39, 0.29) is 17.7 Å². The van der Waals surface area contributed by atoms with Crippen LogP contribution in [0, 0.1) is 11.8 Å². The summed E-state index contributed by atoms with van der Waals surface area (Å²) in [5, 5.41) is 0. The third-order valence-electron chi connectivity index (χ3n) is 3.66. The second-order valence-corrected chi connectivity index (χ2v) is 5.44. The highest BCUT2D eigenvalue weighted by atomic mass is 16.5. The van der Waals surface area contributed by atoms with E-state index < -0.39 is 18.0 Å². The minimum Gasteiger partial charge on any atom is -0.453 e. The van der Waals surface area contributed by atoms with Crippen LogP contribution in [0.4, 0.5) is 4.79 Å². The van der Waals surface area contributed by atoms with Crippen molar-refractivity contribution in [2.24, 2.45) is 17.6 Å². The lowest BCUT2D eigenvalue weighted by atomic mass is 9.99. The number of carbonyl (C=O) groups excluding carboxylic acids is 3. The van der Waals surface area contributed by atoms with E-state index in [0.29, 0.717) is 19.5 Å². The highest BCUT2D eigenvalue weighted by Gasteiger charge is 2.36. The molecule has 2 N–H and O–H groups in total. The highest BCUT2D eigenvalue weighted by Crippen LogP contribution is 2.21. The standard InChI is InChI=1S/C13H23N3O4/c1-8(2)10(11(14)17)15(3)12(18)9-5-6-16(7-9)13(19)20-4/h8-10H,5-7H2,1-4H3,(H2,14,17)/t9-,10-/m0/s1. The van der Waals surface area contributed by atoms with E-state index in [0.717, 1.165) is 0 Å². The minimum absolute atomic E-state index is 0.0560. The van der Waals surface area contributed by atoms with Gasteiger partial charge in [0.05, 0.1) is 13.0 Å². The van der Waals surface area contributed by atoms with E-state index in [1.807, 2.05) is 13.8 Å². The molecule has 1 aliphatic heterocycles. The van der Waals surface area contributed by atoms with E-state index in [1.54, 1.807) is 7.05 Å². The number of nitrogens with two attached hydrogens (primary N) is 1. The summed E-state index contributed by atoms with van der Waals surface area (Å²) in [4.78, 5) is 38.2. The maximum absolute atomic E-state index is 12.4. The second kappa shape index (κ2) is 6.58. The van der Waals surface area contributed by atoms with Gasteiger partial charge in [0, 0.05) is 20.1 Å². The largest absolute Gasteiger partial charge is 0.453 e. The molecule has 0 radical (unpaired) electrons. The number of nitrogens with zero attached hydrogens (tertiary/aromatic N) is 2. The van der Waals surface area contributed by atoms with Crippen molar-refractivity contribution < 1.29 is 19.1 Å². The van der Waals surface area contributed by atoms with E-state index in [4.69, 9.17) is 5.73 Å². The molecule has 114 valence electrons. The predicted octanol–water partition coefficient (Wildman–Crippen LogP) is 0.0430. The molecule has 0 saturated carbocycles. The molecule has 1 saturated heterocycles. The molecule has 0 aromatic heterocycles. The zero-order valence-corrected chi connectivity index (χ0v) is 12.5. The fraction of sp³-hybridized carbons (Fsp3) is 0.769. The number of amides is 3. The van der Waals surface area contributed by atoms with Crippen molar-refractivity contribution in [3.63, 3.8) is 0 Å². The Balaban J connectivity index is 2.71. The van der Waals surface area contributed by atoms with Gasteiger partial charge in [0.25, 0.3) is 0 Å². The molecule has 0 aromatic rings. The Bertz CT molecular complexity index is 397. The van der Waals surface area contributed by atoms with Crippen LogP contribution in [0.5, 0.6) is 0 Å². The van der Waals surface area contributed by atoms with Crippen LogP contribution in [-0.4, -0.2) is 61.0 Å². The summed E-state index contributed by atoms with van der Waals surface area (Å²) in [7, 11) is 2.89. The molecule has 7 heteroatoms. The van der Waals surface area contributed by atoms with Gasteiger partial charge in [-0.05, 0) is 12.3 Å². The molecule has 0 unspecified atom stereocenters. The average Bonchev–Trinajstić information content (AvgIpc) is 2.85.